The van der Waals surface area contributed by atoms with Gasteiger partial charge in [-0.3, -0.25) is 0 Å². The van der Waals surface area contributed by atoms with Crippen LogP contribution in [0, 0.1) is 11.3 Å². The number of nitriles is 1. The van der Waals surface area contributed by atoms with Crippen molar-refractivity contribution in [2.24, 2.45) is 0 Å². The highest BCUT2D eigenvalue weighted by Crippen LogP contribution is 2.37. The molecule has 0 saturated heterocycles. The zero-order valence-electron chi connectivity index (χ0n) is 10.0. The van der Waals surface area contributed by atoms with E-state index in [0.29, 0.717) is 0 Å². The molecule has 102 valence electrons. The van der Waals surface area contributed by atoms with Gasteiger partial charge in [0.1, 0.15) is 4.90 Å². The lowest BCUT2D eigenvalue weighted by molar-refractivity contribution is 0.411. The van der Waals surface area contributed by atoms with E-state index in [0.717, 1.165) is 12.8 Å². The minimum atomic E-state index is -3.75. The molecule has 19 heavy (non-hydrogen) atoms. The Balaban J connectivity index is 2.42. The normalized spacial score (nSPS) is 15.5. The maximum absolute atomic E-state index is 12.6. The van der Waals surface area contributed by atoms with Crippen LogP contribution in [0.5, 0.6) is 0 Å². The Hall–Kier alpha value is -0.800. The fourth-order valence-corrected chi connectivity index (χ4v) is 4.65. The second-order valence-corrected chi connectivity index (χ2v) is 6.95. The van der Waals surface area contributed by atoms with Crippen molar-refractivity contribution in [1.82, 2.24) is 4.31 Å². The van der Waals surface area contributed by atoms with E-state index < -0.39 is 10.0 Å². The third kappa shape index (κ3) is 3.03. The van der Waals surface area contributed by atoms with Gasteiger partial charge in [-0.15, -0.1) is 0 Å². The van der Waals surface area contributed by atoms with E-state index in [1.54, 1.807) is 6.07 Å². The Morgan fingerprint density at radius 2 is 1.89 bits per heavy atom. The molecule has 0 aromatic heterocycles. The fraction of sp³-hybridized carbons (Fsp3) is 0.417. The lowest BCUT2D eigenvalue weighted by atomic mass is 10.4. The Morgan fingerprint density at radius 3 is 2.37 bits per heavy atom. The molecule has 0 aliphatic heterocycles. The van der Waals surface area contributed by atoms with E-state index in [-0.39, 0.29) is 33.9 Å². The van der Waals surface area contributed by atoms with E-state index >= 15 is 0 Å². The number of hydrogen-bond donors (Lipinski definition) is 0. The molecule has 1 aliphatic rings. The summed E-state index contributed by atoms with van der Waals surface area (Å²) < 4.78 is 26.6. The highest BCUT2D eigenvalue weighted by molar-refractivity contribution is 7.89. The van der Waals surface area contributed by atoms with Crippen molar-refractivity contribution >= 4 is 33.2 Å². The van der Waals surface area contributed by atoms with E-state index in [9.17, 15) is 8.42 Å². The van der Waals surface area contributed by atoms with Crippen LogP contribution in [-0.4, -0.2) is 25.3 Å². The molecule has 1 aromatic rings. The summed E-state index contributed by atoms with van der Waals surface area (Å²) in [6.45, 7) is 0.172. The molecular formula is C12H12Cl2N2O2S. The Labute approximate surface area is 122 Å². The average molecular weight is 319 g/mol. The highest BCUT2D eigenvalue weighted by Gasteiger charge is 2.39. The van der Waals surface area contributed by atoms with Crippen LogP contribution in [0.25, 0.3) is 0 Å². The minimum Gasteiger partial charge on any atom is -0.207 e. The first kappa shape index (κ1) is 14.6. The maximum atomic E-state index is 12.6. The molecule has 0 spiro atoms. The van der Waals surface area contributed by atoms with Crippen molar-refractivity contribution < 1.29 is 8.42 Å². The fourth-order valence-electron chi connectivity index (χ4n) is 1.87. The highest BCUT2D eigenvalue weighted by atomic mass is 35.5. The molecule has 1 aliphatic carbocycles. The average Bonchev–Trinajstić information content (AvgIpc) is 3.13. The van der Waals surface area contributed by atoms with Gasteiger partial charge in [0.15, 0.2) is 0 Å². The van der Waals surface area contributed by atoms with Crippen molar-refractivity contribution in [3.8, 4) is 6.07 Å². The number of halogens is 2. The van der Waals surface area contributed by atoms with Gasteiger partial charge < -0.3 is 0 Å². The van der Waals surface area contributed by atoms with Crippen LogP contribution in [0.4, 0.5) is 0 Å². The Morgan fingerprint density at radius 1 is 1.32 bits per heavy atom. The van der Waals surface area contributed by atoms with Gasteiger partial charge in [-0.1, -0.05) is 29.3 Å². The molecule has 0 atom stereocenters. The molecule has 0 radical (unpaired) electrons. The summed E-state index contributed by atoms with van der Waals surface area (Å²) in [5, 5.41) is 8.85. The van der Waals surface area contributed by atoms with Gasteiger partial charge in [0.25, 0.3) is 0 Å². The van der Waals surface area contributed by atoms with Crippen molar-refractivity contribution in [3.63, 3.8) is 0 Å². The van der Waals surface area contributed by atoms with Crippen LogP contribution in [-0.2, 0) is 10.0 Å². The van der Waals surface area contributed by atoms with E-state index in [4.69, 9.17) is 28.5 Å². The second kappa shape index (κ2) is 5.68. The smallest absolute Gasteiger partial charge is 0.207 e. The molecule has 1 fully saturated rings. The molecule has 0 heterocycles. The molecule has 4 nitrogen and oxygen atoms in total. The zero-order chi connectivity index (χ0) is 14.0. The summed E-state index contributed by atoms with van der Waals surface area (Å²) in [7, 11) is -3.75. The summed E-state index contributed by atoms with van der Waals surface area (Å²) in [6.07, 6.45) is 1.78. The van der Waals surface area contributed by atoms with Gasteiger partial charge in [0.05, 0.1) is 16.1 Å². The van der Waals surface area contributed by atoms with Crippen molar-refractivity contribution in [2.45, 2.75) is 30.2 Å². The van der Waals surface area contributed by atoms with Crippen LogP contribution in [0.15, 0.2) is 23.1 Å². The second-order valence-electron chi connectivity index (χ2n) is 4.31. The van der Waals surface area contributed by atoms with Gasteiger partial charge in [-0.05, 0) is 25.0 Å². The number of nitrogens with zero attached hydrogens (tertiary/aromatic N) is 2. The maximum Gasteiger partial charge on any atom is 0.246 e. The SMILES string of the molecule is N#CCCN(C1CC1)S(=O)(=O)c1c(Cl)cccc1Cl. The standard InChI is InChI=1S/C12H12Cl2N2O2S/c13-10-3-1-4-11(14)12(10)19(17,18)16(8-2-7-15)9-5-6-9/h1,3-4,9H,2,5-6,8H2. The van der Waals surface area contributed by atoms with Gasteiger partial charge in [0, 0.05) is 19.0 Å². The quantitative estimate of drug-likeness (QED) is 0.838. The summed E-state index contributed by atoms with van der Waals surface area (Å²) in [4.78, 5) is -0.0665. The topological polar surface area (TPSA) is 61.2 Å². The van der Waals surface area contributed by atoms with Gasteiger partial charge in [-0.25, -0.2) is 8.42 Å². The zero-order valence-corrected chi connectivity index (χ0v) is 12.3. The monoisotopic (exact) mass is 318 g/mol. The van der Waals surface area contributed by atoms with Crippen molar-refractivity contribution in [1.29, 1.82) is 5.26 Å². The molecule has 2 rings (SSSR count). The van der Waals surface area contributed by atoms with E-state index in [1.807, 2.05) is 6.07 Å². The molecule has 0 N–H and O–H groups in total. The predicted molar refractivity (Wildman–Crippen MR) is 73.6 cm³/mol. The van der Waals surface area contributed by atoms with Crippen LogP contribution in [0.2, 0.25) is 10.0 Å². The molecule has 0 bridgehead atoms. The molecule has 1 saturated carbocycles. The summed E-state index contributed by atoms with van der Waals surface area (Å²) >= 11 is 11.9. The summed E-state index contributed by atoms with van der Waals surface area (Å²) in [5.41, 5.74) is 0. The molecule has 0 unspecified atom stereocenters. The van der Waals surface area contributed by atoms with Crippen LogP contribution in [0.3, 0.4) is 0 Å². The minimum absolute atomic E-state index is 0.0364. The van der Waals surface area contributed by atoms with E-state index in [1.165, 1.54) is 16.4 Å². The summed E-state index contributed by atoms with van der Waals surface area (Å²) in [5.74, 6) is 0. The first-order valence-electron chi connectivity index (χ1n) is 5.81. The van der Waals surface area contributed by atoms with Crippen LogP contribution in [0.1, 0.15) is 19.3 Å². The number of hydrogen-bond acceptors (Lipinski definition) is 3. The lowest BCUT2D eigenvalue weighted by Crippen LogP contribution is -2.34. The molecule has 0 amide bonds. The number of benzene rings is 1. The molecule has 7 heteroatoms. The third-order valence-corrected chi connectivity index (χ3v) is 5.79. The van der Waals surface area contributed by atoms with Crippen LogP contribution < -0.4 is 0 Å². The van der Waals surface area contributed by atoms with Gasteiger partial charge in [0.2, 0.25) is 10.0 Å². The third-order valence-electron chi connectivity index (χ3n) is 2.88. The molecular weight excluding hydrogens is 307 g/mol. The van der Waals surface area contributed by atoms with E-state index in [2.05, 4.69) is 0 Å². The van der Waals surface area contributed by atoms with Gasteiger partial charge >= 0.3 is 0 Å². The number of sulfonamides is 1. The first-order chi connectivity index (χ1) is 8.98. The first-order valence-corrected chi connectivity index (χ1v) is 8.01. The largest absolute Gasteiger partial charge is 0.246 e. The summed E-state index contributed by atoms with van der Waals surface area (Å²) in [6, 6.07) is 6.51. The van der Waals surface area contributed by atoms with Crippen molar-refractivity contribution in [2.75, 3.05) is 6.54 Å². The predicted octanol–water partition coefficient (Wildman–Crippen LogP) is 3.06. The Kier molecular flexibility index (Phi) is 4.36. The number of rotatable bonds is 5. The van der Waals surface area contributed by atoms with Gasteiger partial charge in [-0.2, -0.15) is 9.57 Å². The van der Waals surface area contributed by atoms with Crippen LogP contribution >= 0.6 is 23.2 Å². The molecule has 1 aromatic carbocycles. The lowest BCUT2D eigenvalue weighted by Gasteiger charge is -2.21. The van der Waals surface area contributed by atoms with Crippen molar-refractivity contribution in [3.05, 3.63) is 28.2 Å². The Bertz CT molecular complexity index is 601.